The zero-order valence-electron chi connectivity index (χ0n) is 19.4. The average molecular weight is 463 g/mol. The summed E-state index contributed by atoms with van der Waals surface area (Å²) in [6.07, 6.45) is 2.37. The third-order valence-corrected chi connectivity index (χ3v) is 4.98. The Labute approximate surface area is 198 Å². The molecule has 0 spiro atoms. The fraction of sp³-hybridized carbons (Fsp3) is 0.480. The van der Waals surface area contributed by atoms with E-state index in [0.717, 1.165) is 48.7 Å². The topological polar surface area (TPSA) is 72.7 Å². The minimum Gasteiger partial charge on any atom is -0.493 e. The van der Waals surface area contributed by atoms with Crippen LogP contribution in [0.4, 0.5) is 0 Å². The smallest absolute Gasteiger partial charge is 0.161 e. The van der Waals surface area contributed by atoms with Gasteiger partial charge in [0, 0.05) is 6.54 Å². The third-order valence-electron chi connectivity index (χ3n) is 4.98. The molecular formula is C25H35ClN2O4. The standard InChI is InChI=1S/C25H34N2O4.ClH/c1-19(2)21(31-24-12-11-20(13-14-26)18-25(24)29-4)10-7-15-27-16-17-30-23-9-6-5-8-22(23)28-3;/h5-6,8-9,11-12,18-19,21,27H,7,10,13,15-17H2,1-4H3;1H. The molecule has 0 heterocycles. The van der Waals surface area contributed by atoms with Gasteiger partial charge in [0.1, 0.15) is 12.7 Å². The second-order valence-electron chi connectivity index (χ2n) is 7.61. The van der Waals surface area contributed by atoms with Gasteiger partial charge < -0.3 is 24.3 Å². The number of hydrogen-bond acceptors (Lipinski definition) is 6. The number of para-hydroxylation sites is 2. The van der Waals surface area contributed by atoms with Gasteiger partial charge in [-0.25, -0.2) is 0 Å². The lowest BCUT2D eigenvalue weighted by Crippen LogP contribution is -2.27. The van der Waals surface area contributed by atoms with Crippen LogP contribution in [0.2, 0.25) is 0 Å². The van der Waals surface area contributed by atoms with E-state index in [4.69, 9.17) is 24.2 Å². The van der Waals surface area contributed by atoms with Crippen molar-refractivity contribution in [2.24, 2.45) is 5.92 Å². The van der Waals surface area contributed by atoms with Crippen LogP contribution in [0.3, 0.4) is 0 Å². The highest BCUT2D eigenvalue weighted by molar-refractivity contribution is 5.85. The maximum Gasteiger partial charge on any atom is 0.161 e. The van der Waals surface area contributed by atoms with E-state index in [2.05, 4.69) is 25.2 Å². The van der Waals surface area contributed by atoms with E-state index in [1.165, 1.54) is 0 Å². The third kappa shape index (κ3) is 8.86. The number of benzene rings is 2. The monoisotopic (exact) mass is 462 g/mol. The van der Waals surface area contributed by atoms with Crippen molar-refractivity contribution in [2.45, 2.75) is 39.2 Å². The number of nitriles is 1. The Hall–Kier alpha value is -2.62. The van der Waals surface area contributed by atoms with Gasteiger partial charge >= 0.3 is 0 Å². The number of halogens is 1. The van der Waals surface area contributed by atoms with Crippen LogP contribution in [0, 0.1) is 17.2 Å². The van der Waals surface area contributed by atoms with Crippen LogP contribution in [0.15, 0.2) is 42.5 Å². The molecule has 0 radical (unpaired) electrons. The number of nitrogens with zero attached hydrogens (tertiary/aromatic N) is 1. The van der Waals surface area contributed by atoms with E-state index < -0.39 is 0 Å². The Morgan fingerprint density at radius 1 is 0.938 bits per heavy atom. The fourth-order valence-corrected chi connectivity index (χ4v) is 3.23. The second-order valence-corrected chi connectivity index (χ2v) is 7.61. The van der Waals surface area contributed by atoms with Crippen molar-refractivity contribution in [1.82, 2.24) is 5.32 Å². The van der Waals surface area contributed by atoms with Gasteiger partial charge in [0.25, 0.3) is 0 Å². The minimum absolute atomic E-state index is 0. The summed E-state index contributed by atoms with van der Waals surface area (Å²) >= 11 is 0. The van der Waals surface area contributed by atoms with Crippen molar-refractivity contribution in [3.63, 3.8) is 0 Å². The molecule has 1 unspecified atom stereocenters. The van der Waals surface area contributed by atoms with Crippen LogP contribution >= 0.6 is 12.4 Å². The molecule has 0 saturated carbocycles. The van der Waals surface area contributed by atoms with E-state index in [1.807, 2.05) is 42.5 Å². The molecule has 0 aliphatic rings. The summed E-state index contributed by atoms with van der Waals surface area (Å²) in [5.74, 6) is 3.27. The van der Waals surface area contributed by atoms with Crippen LogP contribution in [0.5, 0.6) is 23.0 Å². The highest BCUT2D eigenvalue weighted by atomic mass is 35.5. The highest BCUT2D eigenvalue weighted by Gasteiger charge is 2.17. The Kier molecular flexibility index (Phi) is 13.0. The van der Waals surface area contributed by atoms with E-state index in [9.17, 15) is 0 Å². The van der Waals surface area contributed by atoms with Crippen molar-refractivity contribution in [3.05, 3.63) is 48.0 Å². The Morgan fingerprint density at radius 3 is 2.31 bits per heavy atom. The van der Waals surface area contributed by atoms with Gasteiger partial charge in [0.2, 0.25) is 0 Å². The average Bonchev–Trinajstić information content (AvgIpc) is 2.78. The van der Waals surface area contributed by atoms with E-state index in [0.29, 0.717) is 24.7 Å². The number of rotatable bonds is 14. The Bertz CT molecular complexity index is 839. The maximum absolute atomic E-state index is 8.89. The summed E-state index contributed by atoms with van der Waals surface area (Å²) in [6.45, 7) is 6.56. The van der Waals surface area contributed by atoms with Crippen LogP contribution in [-0.4, -0.2) is 40.0 Å². The van der Waals surface area contributed by atoms with Gasteiger partial charge in [-0.2, -0.15) is 5.26 Å². The molecule has 0 saturated heterocycles. The molecule has 0 amide bonds. The maximum atomic E-state index is 8.89. The molecule has 2 rings (SSSR count). The lowest BCUT2D eigenvalue weighted by molar-refractivity contribution is 0.134. The van der Waals surface area contributed by atoms with Crippen molar-refractivity contribution in [3.8, 4) is 29.1 Å². The molecule has 6 nitrogen and oxygen atoms in total. The molecule has 32 heavy (non-hydrogen) atoms. The Balaban J connectivity index is 0.00000512. The highest BCUT2D eigenvalue weighted by Crippen LogP contribution is 2.31. The first-order chi connectivity index (χ1) is 15.1. The zero-order valence-corrected chi connectivity index (χ0v) is 20.2. The first kappa shape index (κ1) is 27.4. The Morgan fingerprint density at radius 2 is 1.66 bits per heavy atom. The minimum atomic E-state index is 0. The molecule has 0 aliphatic heterocycles. The number of nitrogens with one attached hydrogen (secondary N) is 1. The molecule has 2 aromatic rings. The molecule has 0 fully saturated rings. The first-order valence-corrected chi connectivity index (χ1v) is 10.8. The second kappa shape index (κ2) is 15.2. The van der Waals surface area contributed by atoms with Crippen molar-refractivity contribution in [1.29, 1.82) is 5.26 Å². The largest absolute Gasteiger partial charge is 0.493 e. The van der Waals surface area contributed by atoms with Gasteiger partial charge in [-0.15, -0.1) is 12.4 Å². The normalized spacial score (nSPS) is 11.2. The molecule has 7 heteroatoms. The molecule has 2 aromatic carbocycles. The van der Waals surface area contributed by atoms with E-state index in [-0.39, 0.29) is 18.5 Å². The summed E-state index contributed by atoms with van der Waals surface area (Å²) in [4.78, 5) is 0. The van der Waals surface area contributed by atoms with Gasteiger partial charge in [-0.1, -0.05) is 32.0 Å². The molecule has 1 N–H and O–H groups in total. The predicted molar refractivity (Wildman–Crippen MR) is 129 cm³/mol. The molecule has 1 atom stereocenters. The SMILES string of the molecule is COc1ccccc1OCCNCCCC(Oc1ccc(CC#N)cc1OC)C(C)C.Cl. The fourth-order valence-electron chi connectivity index (χ4n) is 3.23. The van der Waals surface area contributed by atoms with Gasteiger partial charge in [0.05, 0.1) is 26.7 Å². The van der Waals surface area contributed by atoms with Crippen molar-refractivity contribution < 1.29 is 18.9 Å². The van der Waals surface area contributed by atoms with Crippen molar-refractivity contribution in [2.75, 3.05) is 33.9 Å². The lowest BCUT2D eigenvalue weighted by Gasteiger charge is -2.24. The predicted octanol–water partition coefficient (Wildman–Crippen LogP) is 5.04. The quantitative estimate of drug-likeness (QED) is 0.396. The van der Waals surface area contributed by atoms with Crippen LogP contribution in [-0.2, 0) is 6.42 Å². The van der Waals surface area contributed by atoms with Gasteiger partial charge in [-0.3, -0.25) is 0 Å². The summed E-state index contributed by atoms with van der Waals surface area (Å²) < 4.78 is 22.8. The summed E-state index contributed by atoms with van der Waals surface area (Å²) in [5.41, 5.74) is 0.923. The van der Waals surface area contributed by atoms with Crippen LogP contribution in [0.25, 0.3) is 0 Å². The summed E-state index contributed by atoms with van der Waals surface area (Å²) in [5, 5.41) is 12.3. The van der Waals surface area contributed by atoms with Gasteiger partial charge in [-0.05, 0) is 55.1 Å². The first-order valence-electron chi connectivity index (χ1n) is 10.8. The molecule has 0 aromatic heterocycles. The van der Waals surface area contributed by atoms with E-state index >= 15 is 0 Å². The number of ether oxygens (including phenoxy) is 4. The van der Waals surface area contributed by atoms with Crippen molar-refractivity contribution >= 4 is 12.4 Å². The molecular weight excluding hydrogens is 428 g/mol. The number of hydrogen-bond donors (Lipinski definition) is 1. The molecule has 0 bridgehead atoms. The van der Waals surface area contributed by atoms with Crippen LogP contribution in [0.1, 0.15) is 32.3 Å². The summed E-state index contributed by atoms with van der Waals surface area (Å²) in [6, 6.07) is 15.5. The number of methoxy groups -OCH3 is 2. The van der Waals surface area contributed by atoms with E-state index in [1.54, 1.807) is 14.2 Å². The molecule has 0 aliphatic carbocycles. The van der Waals surface area contributed by atoms with Gasteiger partial charge in [0.15, 0.2) is 23.0 Å². The summed E-state index contributed by atoms with van der Waals surface area (Å²) in [7, 11) is 3.27. The molecule has 176 valence electrons. The van der Waals surface area contributed by atoms with Crippen LogP contribution < -0.4 is 24.3 Å². The lowest BCUT2D eigenvalue weighted by atomic mass is 10.0. The zero-order chi connectivity index (χ0) is 22.5.